The zero-order valence-electron chi connectivity index (χ0n) is 17.0. The first-order valence-corrected chi connectivity index (χ1v) is 9.72. The van der Waals surface area contributed by atoms with Crippen LogP contribution in [0.25, 0.3) is 0 Å². The number of piperidine rings is 1. The predicted molar refractivity (Wildman–Crippen MR) is 111 cm³/mol. The van der Waals surface area contributed by atoms with Gasteiger partial charge < -0.3 is 19.7 Å². The molecule has 6 nitrogen and oxygen atoms in total. The Hall–Kier alpha value is -2.34. The topological polar surface area (TPSA) is 48.7 Å². The zero-order chi connectivity index (χ0) is 19.2. The van der Waals surface area contributed by atoms with Crippen molar-refractivity contribution in [3.63, 3.8) is 0 Å². The number of nitrogens with one attached hydrogen (secondary N) is 1. The maximum absolute atomic E-state index is 4.52. The molecule has 3 rings (SSSR count). The van der Waals surface area contributed by atoms with E-state index >= 15 is 0 Å². The minimum atomic E-state index is 0.435. The molecule has 2 atom stereocenters. The standard InChI is InChI=1S/C21H32N6/c1-17-9-11-26(15-20(17)27-12-10-23-16-27)21(22-2)24-13-18-5-7-19(8-6-18)14-25(3)4/h5-8,10,12,16-17,20H,9,11,13-15H2,1-4H3,(H,22,24). The highest BCUT2D eigenvalue weighted by Gasteiger charge is 2.28. The van der Waals surface area contributed by atoms with E-state index in [1.807, 2.05) is 19.6 Å². The molecule has 0 radical (unpaired) electrons. The van der Waals surface area contributed by atoms with Crippen LogP contribution < -0.4 is 5.32 Å². The average molecular weight is 369 g/mol. The number of aliphatic imine (C=N–C) groups is 1. The number of aromatic nitrogens is 2. The first kappa shape index (κ1) is 19.4. The van der Waals surface area contributed by atoms with Crippen LogP contribution in [-0.2, 0) is 13.1 Å². The van der Waals surface area contributed by atoms with Gasteiger partial charge in [0.1, 0.15) is 0 Å². The lowest BCUT2D eigenvalue weighted by Gasteiger charge is -2.39. The van der Waals surface area contributed by atoms with E-state index in [0.29, 0.717) is 12.0 Å². The van der Waals surface area contributed by atoms with Crippen LogP contribution in [0.15, 0.2) is 48.0 Å². The Morgan fingerprint density at radius 2 is 2.00 bits per heavy atom. The summed E-state index contributed by atoms with van der Waals surface area (Å²) >= 11 is 0. The Bertz CT molecular complexity index is 720. The minimum absolute atomic E-state index is 0.435. The fourth-order valence-electron chi connectivity index (χ4n) is 3.74. The molecule has 0 aliphatic carbocycles. The molecule has 1 fully saturated rings. The van der Waals surface area contributed by atoms with Crippen LogP contribution in [0.4, 0.5) is 0 Å². The van der Waals surface area contributed by atoms with Crippen LogP contribution in [0.5, 0.6) is 0 Å². The van der Waals surface area contributed by atoms with Crippen molar-refractivity contribution >= 4 is 5.96 Å². The summed E-state index contributed by atoms with van der Waals surface area (Å²) in [5, 5.41) is 3.54. The van der Waals surface area contributed by atoms with Gasteiger partial charge in [0.15, 0.2) is 5.96 Å². The highest BCUT2D eigenvalue weighted by atomic mass is 15.3. The van der Waals surface area contributed by atoms with E-state index in [4.69, 9.17) is 0 Å². The average Bonchev–Trinajstić information content (AvgIpc) is 3.18. The normalized spacial score (nSPS) is 20.9. The van der Waals surface area contributed by atoms with Crippen molar-refractivity contribution in [3.8, 4) is 0 Å². The largest absolute Gasteiger partial charge is 0.352 e. The number of likely N-dealkylation sites (tertiary alicyclic amines) is 1. The molecule has 2 aromatic rings. The van der Waals surface area contributed by atoms with Gasteiger partial charge in [-0.15, -0.1) is 0 Å². The fourth-order valence-corrected chi connectivity index (χ4v) is 3.74. The Balaban J connectivity index is 1.58. The highest BCUT2D eigenvalue weighted by Crippen LogP contribution is 2.27. The van der Waals surface area contributed by atoms with E-state index in [0.717, 1.165) is 38.6 Å². The van der Waals surface area contributed by atoms with Gasteiger partial charge in [-0.2, -0.15) is 0 Å². The summed E-state index contributed by atoms with van der Waals surface area (Å²) in [6.45, 7) is 6.08. The predicted octanol–water partition coefficient (Wildman–Crippen LogP) is 2.60. The third-order valence-corrected chi connectivity index (χ3v) is 5.31. The maximum atomic E-state index is 4.52. The number of benzene rings is 1. The van der Waals surface area contributed by atoms with Crippen LogP contribution >= 0.6 is 0 Å². The number of hydrogen-bond donors (Lipinski definition) is 1. The third-order valence-electron chi connectivity index (χ3n) is 5.31. The third kappa shape index (κ3) is 5.10. The molecule has 0 bridgehead atoms. The Kier molecular flexibility index (Phi) is 6.50. The molecule has 2 unspecified atom stereocenters. The lowest BCUT2D eigenvalue weighted by atomic mass is 9.93. The summed E-state index contributed by atoms with van der Waals surface area (Å²) in [5.41, 5.74) is 2.61. The second kappa shape index (κ2) is 9.04. The zero-order valence-corrected chi connectivity index (χ0v) is 17.0. The van der Waals surface area contributed by atoms with Crippen molar-refractivity contribution in [1.82, 2.24) is 24.7 Å². The van der Waals surface area contributed by atoms with E-state index in [1.54, 1.807) is 0 Å². The van der Waals surface area contributed by atoms with Crippen LogP contribution in [0.2, 0.25) is 0 Å². The van der Waals surface area contributed by atoms with Crippen molar-refractivity contribution in [1.29, 1.82) is 0 Å². The first-order chi connectivity index (χ1) is 13.1. The molecule has 0 spiro atoms. The summed E-state index contributed by atoms with van der Waals surface area (Å²) < 4.78 is 2.23. The SMILES string of the molecule is CN=C(NCc1ccc(CN(C)C)cc1)N1CCC(C)C(n2ccnc2)C1. The van der Waals surface area contributed by atoms with Gasteiger partial charge in [0, 0.05) is 45.6 Å². The molecule has 0 saturated carbocycles. The minimum Gasteiger partial charge on any atom is -0.352 e. The Labute approximate surface area is 162 Å². The van der Waals surface area contributed by atoms with E-state index in [-0.39, 0.29) is 0 Å². The molecule has 1 saturated heterocycles. The molecular weight excluding hydrogens is 336 g/mol. The molecule has 0 amide bonds. The molecular formula is C21H32N6. The second-order valence-corrected chi connectivity index (χ2v) is 7.74. The Morgan fingerprint density at radius 1 is 1.26 bits per heavy atom. The second-order valence-electron chi connectivity index (χ2n) is 7.74. The number of nitrogens with zero attached hydrogens (tertiary/aromatic N) is 5. The van der Waals surface area contributed by atoms with Crippen molar-refractivity contribution in [2.75, 3.05) is 34.2 Å². The molecule has 1 aromatic carbocycles. The lowest BCUT2D eigenvalue weighted by Crippen LogP contribution is -2.48. The lowest BCUT2D eigenvalue weighted by molar-refractivity contribution is 0.189. The summed E-state index contributed by atoms with van der Waals surface area (Å²) in [6, 6.07) is 9.25. The van der Waals surface area contributed by atoms with Gasteiger partial charge in [0.25, 0.3) is 0 Å². The van der Waals surface area contributed by atoms with E-state index in [2.05, 4.69) is 81.1 Å². The number of rotatable bonds is 5. The molecule has 2 heterocycles. The quantitative estimate of drug-likeness (QED) is 0.651. The smallest absolute Gasteiger partial charge is 0.193 e. The van der Waals surface area contributed by atoms with Gasteiger partial charge >= 0.3 is 0 Å². The number of guanidine groups is 1. The highest BCUT2D eigenvalue weighted by molar-refractivity contribution is 5.80. The van der Waals surface area contributed by atoms with Gasteiger partial charge in [-0.1, -0.05) is 31.2 Å². The van der Waals surface area contributed by atoms with Gasteiger partial charge in [-0.05, 0) is 37.6 Å². The van der Waals surface area contributed by atoms with Crippen LogP contribution in [0, 0.1) is 5.92 Å². The molecule has 27 heavy (non-hydrogen) atoms. The maximum Gasteiger partial charge on any atom is 0.193 e. The van der Waals surface area contributed by atoms with Crippen LogP contribution in [0.1, 0.15) is 30.5 Å². The number of imidazole rings is 1. The summed E-state index contributed by atoms with van der Waals surface area (Å²) in [6.07, 6.45) is 7.01. The van der Waals surface area contributed by atoms with Crippen LogP contribution in [0.3, 0.4) is 0 Å². The van der Waals surface area contributed by atoms with Gasteiger partial charge in [-0.25, -0.2) is 4.98 Å². The van der Waals surface area contributed by atoms with Gasteiger partial charge in [0.05, 0.1) is 12.4 Å². The summed E-state index contributed by atoms with van der Waals surface area (Å²) in [4.78, 5) is 13.3. The van der Waals surface area contributed by atoms with E-state index in [9.17, 15) is 0 Å². The van der Waals surface area contributed by atoms with E-state index < -0.39 is 0 Å². The first-order valence-electron chi connectivity index (χ1n) is 9.72. The fraction of sp³-hybridized carbons (Fsp3) is 0.524. The molecule has 1 aliphatic rings. The van der Waals surface area contributed by atoms with Crippen molar-refractivity contribution < 1.29 is 0 Å². The van der Waals surface area contributed by atoms with Crippen molar-refractivity contribution in [3.05, 3.63) is 54.1 Å². The summed E-state index contributed by atoms with van der Waals surface area (Å²) in [5.74, 6) is 1.61. The van der Waals surface area contributed by atoms with Gasteiger partial charge in [-0.3, -0.25) is 4.99 Å². The summed E-state index contributed by atoms with van der Waals surface area (Å²) in [7, 11) is 6.05. The van der Waals surface area contributed by atoms with Crippen LogP contribution in [-0.4, -0.2) is 59.5 Å². The monoisotopic (exact) mass is 368 g/mol. The number of hydrogen-bond acceptors (Lipinski definition) is 3. The molecule has 1 aliphatic heterocycles. The molecule has 146 valence electrons. The molecule has 1 N–H and O–H groups in total. The molecule has 6 heteroatoms. The Morgan fingerprint density at radius 3 is 2.63 bits per heavy atom. The van der Waals surface area contributed by atoms with Crippen molar-refractivity contribution in [2.45, 2.75) is 32.5 Å². The van der Waals surface area contributed by atoms with Gasteiger partial charge in [0.2, 0.25) is 0 Å². The van der Waals surface area contributed by atoms with E-state index in [1.165, 1.54) is 11.1 Å². The van der Waals surface area contributed by atoms with Crippen molar-refractivity contribution in [2.24, 2.45) is 10.9 Å². The molecule has 1 aromatic heterocycles.